The molecule has 4 heteroatoms. The highest BCUT2D eigenvalue weighted by Crippen LogP contribution is 2.29. The number of hydrogen-bond acceptors (Lipinski definition) is 3. The molecule has 0 aliphatic rings. The molecule has 2 N–H and O–H groups in total. The number of halogens is 1. The number of anilines is 1. The Morgan fingerprint density at radius 3 is 2.71 bits per heavy atom. The van der Waals surface area contributed by atoms with Crippen molar-refractivity contribution in [2.24, 2.45) is 0 Å². The number of ether oxygens (including phenoxy) is 2. The van der Waals surface area contributed by atoms with Gasteiger partial charge >= 0.3 is 0 Å². The summed E-state index contributed by atoms with van der Waals surface area (Å²) in [5.74, 6) is 0.604. The standard InChI is InChI=1S/C10H14ClNO2/c1-7-5-8(11)10(6-9(7)12)14-4-3-13-2/h5-6H,3-4,12H2,1-2H3. The number of nitrogens with two attached hydrogens (primary N) is 1. The van der Waals surface area contributed by atoms with E-state index in [0.29, 0.717) is 29.7 Å². The zero-order valence-corrected chi connectivity index (χ0v) is 9.10. The van der Waals surface area contributed by atoms with Gasteiger partial charge in [-0.1, -0.05) is 11.6 Å². The number of aryl methyl sites for hydroxylation is 1. The van der Waals surface area contributed by atoms with Gasteiger partial charge in [-0.3, -0.25) is 0 Å². The molecular weight excluding hydrogens is 202 g/mol. The number of nitrogen functional groups attached to an aromatic ring is 1. The fourth-order valence-corrected chi connectivity index (χ4v) is 1.29. The van der Waals surface area contributed by atoms with Crippen molar-refractivity contribution < 1.29 is 9.47 Å². The Morgan fingerprint density at radius 1 is 1.36 bits per heavy atom. The second kappa shape index (κ2) is 5.08. The second-order valence-corrected chi connectivity index (χ2v) is 3.39. The molecule has 0 saturated carbocycles. The number of hydrogen-bond donors (Lipinski definition) is 1. The first kappa shape index (κ1) is 11.1. The Labute approximate surface area is 88.8 Å². The summed E-state index contributed by atoms with van der Waals surface area (Å²) in [6.45, 7) is 2.91. The van der Waals surface area contributed by atoms with E-state index in [2.05, 4.69) is 0 Å². The van der Waals surface area contributed by atoms with Crippen molar-refractivity contribution in [3.05, 3.63) is 22.7 Å². The van der Waals surface area contributed by atoms with Crippen molar-refractivity contribution >= 4 is 17.3 Å². The highest BCUT2D eigenvalue weighted by atomic mass is 35.5. The SMILES string of the molecule is COCCOc1cc(N)c(C)cc1Cl. The predicted octanol–water partition coefficient (Wildman–Crippen LogP) is 2.26. The molecular formula is C10H14ClNO2. The summed E-state index contributed by atoms with van der Waals surface area (Å²) in [5, 5.41) is 0.577. The van der Waals surface area contributed by atoms with Crippen LogP contribution in [0.4, 0.5) is 5.69 Å². The van der Waals surface area contributed by atoms with E-state index < -0.39 is 0 Å². The van der Waals surface area contributed by atoms with Crippen LogP contribution in [0.2, 0.25) is 5.02 Å². The fraction of sp³-hybridized carbons (Fsp3) is 0.400. The molecule has 3 nitrogen and oxygen atoms in total. The van der Waals surface area contributed by atoms with Gasteiger partial charge in [-0.25, -0.2) is 0 Å². The predicted molar refractivity (Wildman–Crippen MR) is 58.0 cm³/mol. The van der Waals surface area contributed by atoms with Gasteiger partial charge in [-0.2, -0.15) is 0 Å². The molecule has 1 aromatic carbocycles. The van der Waals surface area contributed by atoms with Crippen LogP contribution < -0.4 is 10.5 Å². The Kier molecular flexibility index (Phi) is 4.04. The minimum Gasteiger partial charge on any atom is -0.490 e. The molecule has 0 radical (unpaired) electrons. The van der Waals surface area contributed by atoms with E-state index in [1.54, 1.807) is 19.2 Å². The highest BCUT2D eigenvalue weighted by Gasteiger charge is 2.04. The quantitative estimate of drug-likeness (QED) is 0.619. The number of benzene rings is 1. The summed E-state index contributed by atoms with van der Waals surface area (Å²) in [7, 11) is 1.62. The van der Waals surface area contributed by atoms with Crippen LogP contribution in [-0.4, -0.2) is 20.3 Å². The maximum atomic E-state index is 5.96. The monoisotopic (exact) mass is 215 g/mol. The summed E-state index contributed by atoms with van der Waals surface area (Å²) in [4.78, 5) is 0. The first-order valence-corrected chi connectivity index (χ1v) is 4.70. The van der Waals surface area contributed by atoms with Gasteiger partial charge in [-0.05, 0) is 18.6 Å². The van der Waals surface area contributed by atoms with Crippen LogP contribution in [0.25, 0.3) is 0 Å². The first-order chi connectivity index (χ1) is 6.65. The third-order valence-corrected chi connectivity index (χ3v) is 2.16. The van der Waals surface area contributed by atoms with Crippen LogP contribution in [0.15, 0.2) is 12.1 Å². The molecule has 78 valence electrons. The van der Waals surface area contributed by atoms with Crippen LogP contribution in [0.3, 0.4) is 0 Å². The molecule has 14 heavy (non-hydrogen) atoms. The van der Waals surface area contributed by atoms with Gasteiger partial charge in [0.05, 0.1) is 11.6 Å². The van der Waals surface area contributed by atoms with Crippen molar-refractivity contribution in [2.75, 3.05) is 26.1 Å². The maximum Gasteiger partial charge on any atom is 0.140 e. The summed E-state index contributed by atoms with van der Waals surface area (Å²) >= 11 is 5.96. The van der Waals surface area contributed by atoms with E-state index in [1.807, 2.05) is 6.92 Å². The van der Waals surface area contributed by atoms with Gasteiger partial charge in [0.25, 0.3) is 0 Å². The summed E-state index contributed by atoms with van der Waals surface area (Å²) in [5.41, 5.74) is 7.36. The van der Waals surface area contributed by atoms with Gasteiger partial charge in [0.15, 0.2) is 0 Å². The van der Waals surface area contributed by atoms with Crippen LogP contribution in [0.1, 0.15) is 5.56 Å². The molecule has 0 amide bonds. The first-order valence-electron chi connectivity index (χ1n) is 4.32. The van der Waals surface area contributed by atoms with E-state index >= 15 is 0 Å². The molecule has 0 fully saturated rings. The van der Waals surface area contributed by atoms with Gasteiger partial charge in [0.2, 0.25) is 0 Å². The molecule has 0 atom stereocenters. The Bertz CT molecular complexity index is 315. The van der Waals surface area contributed by atoms with Crippen LogP contribution >= 0.6 is 11.6 Å². The van der Waals surface area contributed by atoms with E-state index in [1.165, 1.54) is 0 Å². The molecule has 0 saturated heterocycles. The lowest BCUT2D eigenvalue weighted by Gasteiger charge is -2.09. The Morgan fingerprint density at radius 2 is 2.07 bits per heavy atom. The largest absolute Gasteiger partial charge is 0.490 e. The van der Waals surface area contributed by atoms with E-state index in [-0.39, 0.29) is 0 Å². The molecule has 1 aromatic rings. The minimum atomic E-state index is 0.471. The zero-order chi connectivity index (χ0) is 10.6. The second-order valence-electron chi connectivity index (χ2n) is 2.98. The Balaban J connectivity index is 2.72. The summed E-state index contributed by atoms with van der Waals surface area (Å²) < 4.78 is 10.2. The number of methoxy groups -OCH3 is 1. The van der Waals surface area contributed by atoms with Gasteiger partial charge in [0.1, 0.15) is 12.4 Å². The molecule has 0 heterocycles. The smallest absolute Gasteiger partial charge is 0.140 e. The third-order valence-electron chi connectivity index (χ3n) is 1.87. The van der Waals surface area contributed by atoms with Gasteiger partial charge in [-0.15, -0.1) is 0 Å². The van der Waals surface area contributed by atoms with Crippen molar-refractivity contribution in [2.45, 2.75) is 6.92 Å². The Hall–Kier alpha value is -0.930. The lowest BCUT2D eigenvalue weighted by atomic mass is 10.2. The number of rotatable bonds is 4. The zero-order valence-electron chi connectivity index (χ0n) is 8.34. The summed E-state index contributed by atoms with van der Waals surface area (Å²) in [6.07, 6.45) is 0. The van der Waals surface area contributed by atoms with Crippen LogP contribution in [0.5, 0.6) is 5.75 Å². The van der Waals surface area contributed by atoms with E-state index in [0.717, 1.165) is 5.56 Å². The van der Waals surface area contributed by atoms with Crippen LogP contribution in [-0.2, 0) is 4.74 Å². The summed E-state index contributed by atoms with van der Waals surface area (Å²) in [6, 6.07) is 3.52. The minimum absolute atomic E-state index is 0.471. The lowest BCUT2D eigenvalue weighted by molar-refractivity contribution is 0.146. The van der Waals surface area contributed by atoms with Gasteiger partial charge in [0, 0.05) is 18.9 Å². The normalized spacial score (nSPS) is 10.2. The lowest BCUT2D eigenvalue weighted by Crippen LogP contribution is -2.05. The topological polar surface area (TPSA) is 44.5 Å². The fourth-order valence-electron chi connectivity index (χ4n) is 1.01. The van der Waals surface area contributed by atoms with Crippen molar-refractivity contribution in [3.8, 4) is 5.75 Å². The average Bonchev–Trinajstić information content (AvgIpc) is 2.14. The van der Waals surface area contributed by atoms with E-state index in [9.17, 15) is 0 Å². The van der Waals surface area contributed by atoms with Crippen molar-refractivity contribution in [3.63, 3.8) is 0 Å². The molecule has 0 spiro atoms. The van der Waals surface area contributed by atoms with Gasteiger partial charge < -0.3 is 15.2 Å². The molecule has 0 unspecified atom stereocenters. The van der Waals surface area contributed by atoms with Crippen molar-refractivity contribution in [1.82, 2.24) is 0 Å². The molecule has 0 aromatic heterocycles. The average molecular weight is 216 g/mol. The molecule has 0 bridgehead atoms. The van der Waals surface area contributed by atoms with E-state index in [4.69, 9.17) is 26.8 Å². The third kappa shape index (κ3) is 2.79. The highest BCUT2D eigenvalue weighted by molar-refractivity contribution is 6.32. The van der Waals surface area contributed by atoms with Crippen molar-refractivity contribution in [1.29, 1.82) is 0 Å². The molecule has 0 aliphatic heterocycles. The maximum absolute atomic E-state index is 5.96. The molecule has 1 rings (SSSR count). The molecule has 0 aliphatic carbocycles. The van der Waals surface area contributed by atoms with Crippen LogP contribution in [0, 0.1) is 6.92 Å².